The summed E-state index contributed by atoms with van der Waals surface area (Å²) in [7, 11) is -3.47. The molecule has 0 atom stereocenters. The van der Waals surface area contributed by atoms with E-state index in [-0.39, 0.29) is 6.54 Å². The molecule has 116 valence electrons. The molecule has 0 aliphatic heterocycles. The van der Waals surface area contributed by atoms with E-state index in [1.54, 1.807) is 31.3 Å². The minimum atomic E-state index is -3.47. The Morgan fingerprint density at radius 3 is 2.64 bits per heavy atom. The van der Waals surface area contributed by atoms with Gasteiger partial charge in [-0.15, -0.1) is 11.3 Å². The number of rotatable bonds is 6. The number of nitriles is 1. The minimum absolute atomic E-state index is 0.261. The molecule has 0 spiro atoms. The van der Waals surface area contributed by atoms with Crippen molar-refractivity contribution in [2.45, 2.75) is 18.7 Å². The summed E-state index contributed by atoms with van der Waals surface area (Å²) in [6.45, 7) is 4.37. The molecule has 2 aromatic heterocycles. The van der Waals surface area contributed by atoms with Crippen LogP contribution in [0.15, 0.2) is 29.3 Å². The molecule has 0 unspecified atom stereocenters. The second kappa shape index (κ2) is 6.87. The van der Waals surface area contributed by atoms with E-state index < -0.39 is 10.0 Å². The second-order valence-corrected chi connectivity index (χ2v) is 7.84. The van der Waals surface area contributed by atoms with Crippen LogP contribution < -0.4 is 10.0 Å². The number of pyridine rings is 1. The van der Waals surface area contributed by atoms with E-state index in [0.717, 1.165) is 15.4 Å². The van der Waals surface area contributed by atoms with Crippen molar-refractivity contribution in [1.29, 1.82) is 5.26 Å². The van der Waals surface area contributed by atoms with Crippen molar-refractivity contribution in [2.24, 2.45) is 0 Å². The Bertz CT molecular complexity index is 789. The molecule has 2 aromatic rings. The van der Waals surface area contributed by atoms with Crippen LogP contribution in [0.3, 0.4) is 0 Å². The maximum absolute atomic E-state index is 12.2. The highest BCUT2D eigenvalue weighted by atomic mass is 32.2. The Kier molecular flexibility index (Phi) is 5.13. The normalized spacial score (nSPS) is 11.1. The van der Waals surface area contributed by atoms with Gasteiger partial charge in [-0.2, -0.15) is 5.26 Å². The van der Waals surface area contributed by atoms with E-state index in [1.165, 1.54) is 11.3 Å². The first-order valence-corrected chi connectivity index (χ1v) is 8.89. The van der Waals surface area contributed by atoms with Crippen LogP contribution in [0.25, 0.3) is 0 Å². The summed E-state index contributed by atoms with van der Waals surface area (Å²) in [5, 5.41) is 11.7. The summed E-state index contributed by atoms with van der Waals surface area (Å²) in [5.74, 6) is 0. The molecule has 6 nitrogen and oxygen atoms in total. The summed E-state index contributed by atoms with van der Waals surface area (Å²) < 4.78 is 26.9. The average Bonchev–Trinajstić information content (AvgIpc) is 2.84. The number of nitrogens with zero attached hydrogens (tertiary/aromatic N) is 2. The first-order valence-electron chi connectivity index (χ1n) is 6.59. The van der Waals surface area contributed by atoms with E-state index in [4.69, 9.17) is 5.26 Å². The fourth-order valence-corrected chi connectivity index (χ4v) is 4.49. The summed E-state index contributed by atoms with van der Waals surface area (Å²) >= 11 is 1.47. The molecule has 0 amide bonds. The zero-order chi connectivity index (χ0) is 16.2. The summed E-state index contributed by atoms with van der Waals surface area (Å²) in [6, 6.07) is 6.95. The maximum Gasteiger partial charge on any atom is 0.241 e. The molecule has 0 aliphatic carbocycles. The van der Waals surface area contributed by atoms with Gasteiger partial charge in [-0.1, -0.05) is 0 Å². The topological polar surface area (TPSA) is 94.9 Å². The van der Waals surface area contributed by atoms with Crippen LogP contribution in [0, 0.1) is 25.2 Å². The highest BCUT2D eigenvalue weighted by Gasteiger charge is 2.18. The van der Waals surface area contributed by atoms with Gasteiger partial charge < -0.3 is 5.32 Å². The number of aryl methyl sites for hydroxylation is 2. The number of nitrogens with one attached hydrogen (secondary N) is 2. The molecular weight excluding hydrogens is 320 g/mol. The molecule has 22 heavy (non-hydrogen) atoms. The minimum Gasteiger partial charge on any atom is -0.382 e. The fourth-order valence-electron chi connectivity index (χ4n) is 1.91. The van der Waals surface area contributed by atoms with Gasteiger partial charge in [-0.3, -0.25) is 0 Å². The predicted molar refractivity (Wildman–Crippen MR) is 86.4 cm³/mol. The third-order valence-corrected chi connectivity index (χ3v) is 5.59. The van der Waals surface area contributed by atoms with E-state index in [0.29, 0.717) is 17.1 Å². The molecule has 0 fully saturated rings. The maximum atomic E-state index is 12.2. The molecule has 2 heterocycles. The lowest BCUT2D eigenvalue weighted by Crippen LogP contribution is -2.29. The molecular formula is C14H16N4O2S2. The summed E-state index contributed by atoms with van der Waals surface area (Å²) in [6.07, 6.45) is 1.54. The molecule has 0 aliphatic rings. The molecule has 2 N–H and O–H groups in total. The first-order chi connectivity index (χ1) is 10.4. The average molecular weight is 336 g/mol. The quantitative estimate of drug-likeness (QED) is 0.787. The van der Waals surface area contributed by atoms with Gasteiger partial charge in [0.1, 0.15) is 11.8 Å². The summed E-state index contributed by atoms with van der Waals surface area (Å²) in [4.78, 5) is 6.03. The Morgan fingerprint density at radius 2 is 2.09 bits per heavy atom. The lowest BCUT2D eigenvalue weighted by atomic mass is 10.3. The smallest absolute Gasteiger partial charge is 0.241 e. The lowest BCUT2D eigenvalue weighted by Gasteiger charge is -2.08. The van der Waals surface area contributed by atoms with Gasteiger partial charge in [-0.25, -0.2) is 18.1 Å². The zero-order valence-corrected chi connectivity index (χ0v) is 13.9. The Hall–Kier alpha value is -1.95. The number of aromatic nitrogens is 1. The van der Waals surface area contributed by atoms with Crippen molar-refractivity contribution >= 4 is 27.0 Å². The van der Waals surface area contributed by atoms with Crippen LogP contribution in [-0.4, -0.2) is 26.5 Å². The number of sulfonamides is 1. The van der Waals surface area contributed by atoms with Crippen LogP contribution >= 0.6 is 11.3 Å². The monoisotopic (exact) mass is 336 g/mol. The molecule has 2 rings (SSSR count). The largest absolute Gasteiger partial charge is 0.382 e. The first kappa shape index (κ1) is 16.4. The van der Waals surface area contributed by atoms with Crippen molar-refractivity contribution in [3.8, 4) is 6.07 Å². The van der Waals surface area contributed by atoms with Crippen LogP contribution in [0.4, 0.5) is 5.69 Å². The van der Waals surface area contributed by atoms with Gasteiger partial charge in [0.2, 0.25) is 10.0 Å². The van der Waals surface area contributed by atoms with Crippen molar-refractivity contribution in [1.82, 2.24) is 9.71 Å². The SMILES string of the molecule is Cc1cc(S(=O)(=O)NCCNc2ccc(C#N)nc2)c(C)s1. The van der Waals surface area contributed by atoms with Crippen LogP contribution in [-0.2, 0) is 10.0 Å². The van der Waals surface area contributed by atoms with E-state index in [9.17, 15) is 8.42 Å². The van der Waals surface area contributed by atoms with Gasteiger partial charge in [0.05, 0.1) is 16.8 Å². The van der Waals surface area contributed by atoms with Crippen LogP contribution in [0.1, 0.15) is 15.4 Å². The van der Waals surface area contributed by atoms with Gasteiger partial charge in [0, 0.05) is 22.8 Å². The van der Waals surface area contributed by atoms with Gasteiger partial charge in [-0.05, 0) is 32.0 Å². The fraction of sp³-hybridized carbons (Fsp3) is 0.286. The van der Waals surface area contributed by atoms with E-state index in [2.05, 4.69) is 15.0 Å². The number of hydrogen-bond donors (Lipinski definition) is 2. The van der Waals surface area contributed by atoms with Crippen molar-refractivity contribution in [2.75, 3.05) is 18.4 Å². The molecule has 0 saturated carbocycles. The highest BCUT2D eigenvalue weighted by Crippen LogP contribution is 2.24. The third-order valence-electron chi connectivity index (χ3n) is 2.91. The summed E-state index contributed by atoms with van der Waals surface area (Å²) in [5.41, 5.74) is 1.08. The molecule has 0 bridgehead atoms. The number of anilines is 1. The van der Waals surface area contributed by atoms with Gasteiger partial charge in [0.15, 0.2) is 0 Å². The van der Waals surface area contributed by atoms with Crippen molar-refractivity contribution < 1.29 is 8.42 Å². The third kappa shape index (κ3) is 4.04. The van der Waals surface area contributed by atoms with E-state index >= 15 is 0 Å². The predicted octanol–water partition coefficient (Wildman–Crippen LogP) is 2.02. The Balaban J connectivity index is 1.88. The van der Waals surface area contributed by atoms with Crippen molar-refractivity contribution in [3.63, 3.8) is 0 Å². The number of hydrogen-bond acceptors (Lipinski definition) is 6. The number of thiophene rings is 1. The Morgan fingerprint density at radius 1 is 1.32 bits per heavy atom. The Labute approximate surface area is 133 Å². The second-order valence-electron chi connectivity index (χ2n) is 4.65. The molecule has 8 heteroatoms. The van der Waals surface area contributed by atoms with Crippen molar-refractivity contribution in [3.05, 3.63) is 39.8 Å². The van der Waals surface area contributed by atoms with Gasteiger partial charge >= 0.3 is 0 Å². The standard InChI is InChI=1S/C14H16N4O2S2/c1-10-7-14(11(2)21-10)22(19,20)18-6-5-16-13-4-3-12(8-15)17-9-13/h3-4,7,9,16,18H,5-6H2,1-2H3. The van der Waals surface area contributed by atoms with Crippen LogP contribution in [0.5, 0.6) is 0 Å². The molecule has 0 aromatic carbocycles. The molecule has 0 saturated heterocycles. The highest BCUT2D eigenvalue weighted by molar-refractivity contribution is 7.89. The molecule has 0 radical (unpaired) electrons. The lowest BCUT2D eigenvalue weighted by molar-refractivity contribution is 0.582. The van der Waals surface area contributed by atoms with Gasteiger partial charge in [0.25, 0.3) is 0 Å². The van der Waals surface area contributed by atoms with Crippen LogP contribution in [0.2, 0.25) is 0 Å². The van der Waals surface area contributed by atoms with E-state index in [1.807, 2.05) is 13.0 Å². The zero-order valence-electron chi connectivity index (χ0n) is 12.3.